The average molecular weight is 517 g/mol. The van der Waals surface area contributed by atoms with Crippen molar-refractivity contribution in [2.75, 3.05) is 4.90 Å². The van der Waals surface area contributed by atoms with Crippen molar-refractivity contribution in [3.8, 4) is 11.5 Å². The summed E-state index contributed by atoms with van der Waals surface area (Å²) in [7, 11) is 0. The first kappa shape index (κ1) is 22.7. The number of anilines is 3. The van der Waals surface area contributed by atoms with E-state index in [1.165, 1.54) is 33.1 Å². The molecule has 2 aliphatic rings. The second kappa shape index (κ2) is 8.25. The highest BCUT2D eigenvalue weighted by Gasteiger charge is 2.50. The molecule has 4 heteroatoms. The van der Waals surface area contributed by atoms with Crippen LogP contribution in [0.4, 0.5) is 17.1 Å². The van der Waals surface area contributed by atoms with Gasteiger partial charge in [0, 0.05) is 23.7 Å². The molecule has 0 saturated carbocycles. The second-order valence-electron chi connectivity index (χ2n) is 10.2. The van der Waals surface area contributed by atoms with E-state index in [1.54, 1.807) is 0 Å². The van der Waals surface area contributed by atoms with E-state index in [2.05, 4.69) is 134 Å². The minimum absolute atomic E-state index is 0.0908. The summed E-state index contributed by atoms with van der Waals surface area (Å²) in [6, 6.07) is 43.1. The molecule has 0 fully saturated rings. The number of nitrogens with zero attached hydrogens (tertiary/aromatic N) is 1. The molecule has 0 aromatic heterocycles. The highest BCUT2D eigenvalue weighted by atomic mass is 32.7. The highest BCUT2D eigenvalue weighted by Crippen LogP contribution is 2.65. The van der Waals surface area contributed by atoms with Gasteiger partial charge in [0.15, 0.2) is 28.6 Å². The molecule has 1 unspecified atom stereocenters. The van der Waals surface area contributed by atoms with Crippen molar-refractivity contribution < 1.29 is 4.74 Å². The van der Waals surface area contributed by atoms with Gasteiger partial charge in [0.2, 0.25) is 0 Å². The summed E-state index contributed by atoms with van der Waals surface area (Å²) in [6.07, 6.45) is 0. The zero-order valence-electron chi connectivity index (χ0n) is 20.8. The van der Waals surface area contributed by atoms with Gasteiger partial charge in [0.05, 0.1) is 17.1 Å². The standard InChI is InChI=1S/C33H27NOPS/c1-33(2)25-14-6-8-16-27(25)34(28-17-9-7-15-26(28)33)23-20-21-32-30(22-23)35-29-18-10-11-19-31(29)36(32,37)24-12-4-3-5-13-24/h3-22,37H,1-2H3/q+1. The number of fused-ring (bicyclic) bond motifs is 4. The molecule has 0 saturated heterocycles. The van der Waals surface area contributed by atoms with Crippen LogP contribution < -0.4 is 25.6 Å². The minimum atomic E-state index is -2.16. The summed E-state index contributed by atoms with van der Waals surface area (Å²) in [4.78, 5) is 2.38. The summed E-state index contributed by atoms with van der Waals surface area (Å²) >= 11 is 5.49. The number of thiol groups is 1. The molecule has 2 nitrogen and oxygen atoms in total. The predicted molar refractivity (Wildman–Crippen MR) is 161 cm³/mol. The van der Waals surface area contributed by atoms with Gasteiger partial charge in [-0.15, -0.1) is 0 Å². The number of ether oxygens (including phenoxy) is 1. The molecule has 2 aliphatic heterocycles. The van der Waals surface area contributed by atoms with E-state index in [0.717, 1.165) is 22.5 Å². The SMILES string of the molecule is CC1(C)c2ccccc2N(c2ccc3c(c2)Oc2ccccc2[P+]3(S)c2ccccc2)c2ccccc21. The molecule has 0 bridgehead atoms. The number of para-hydroxylation sites is 3. The maximum atomic E-state index is 6.59. The first-order valence-corrected chi connectivity index (χ1v) is 15.5. The molecule has 2 heterocycles. The topological polar surface area (TPSA) is 12.5 Å². The Kier molecular flexibility index (Phi) is 5.05. The van der Waals surface area contributed by atoms with Gasteiger partial charge in [0.1, 0.15) is 5.30 Å². The van der Waals surface area contributed by atoms with Crippen molar-refractivity contribution in [1.29, 1.82) is 0 Å². The Labute approximate surface area is 224 Å². The monoisotopic (exact) mass is 516 g/mol. The van der Waals surface area contributed by atoms with Crippen molar-refractivity contribution >= 4 is 51.7 Å². The Hall–Kier alpha value is -3.52. The van der Waals surface area contributed by atoms with E-state index < -0.39 is 6.46 Å². The third-order valence-electron chi connectivity index (χ3n) is 7.75. The van der Waals surface area contributed by atoms with Crippen molar-refractivity contribution in [3.05, 3.63) is 132 Å². The maximum Gasteiger partial charge on any atom is 0.175 e. The molecular weight excluding hydrogens is 489 g/mol. The Morgan fingerprint density at radius 1 is 0.622 bits per heavy atom. The van der Waals surface area contributed by atoms with Crippen LogP contribution in [0, 0.1) is 0 Å². The van der Waals surface area contributed by atoms with Gasteiger partial charge in [-0.3, -0.25) is 0 Å². The summed E-state index contributed by atoms with van der Waals surface area (Å²) in [5.41, 5.74) is 6.04. The molecule has 0 radical (unpaired) electrons. The van der Waals surface area contributed by atoms with E-state index in [1.807, 2.05) is 6.07 Å². The molecule has 0 amide bonds. The van der Waals surface area contributed by atoms with E-state index in [-0.39, 0.29) is 5.41 Å². The summed E-state index contributed by atoms with van der Waals surface area (Å²) in [6.45, 7) is 2.47. The maximum absolute atomic E-state index is 6.59. The van der Waals surface area contributed by atoms with Crippen LogP contribution in [0.2, 0.25) is 0 Å². The number of hydrogen-bond donors (Lipinski definition) is 1. The van der Waals surface area contributed by atoms with E-state index >= 15 is 0 Å². The zero-order valence-corrected chi connectivity index (χ0v) is 22.6. The molecule has 5 aromatic rings. The third kappa shape index (κ3) is 3.24. The van der Waals surface area contributed by atoms with Crippen LogP contribution in [-0.4, -0.2) is 0 Å². The first-order valence-electron chi connectivity index (χ1n) is 12.6. The highest BCUT2D eigenvalue weighted by molar-refractivity contribution is 8.61. The Bertz CT molecular complexity index is 1620. The smallest absolute Gasteiger partial charge is 0.175 e. The van der Waals surface area contributed by atoms with Crippen LogP contribution in [0.15, 0.2) is 121 Å². The predicted octanol–water partition coefficient (Wildman–Crippen LogP) is 8.04. The lowest BCUT2D eigenvalue weighted by molar-refractivity contribution is 0.488. The van der Waals surface area contributed by atoms with Crippen LogP contribution in [-0.2, 0) is 5.41 Å². The quantitative estimate of drug-likeness (QED) is 0.188. The lowest BCUT2D eigenvalue weighted by Gasteiger charge is -2.42. The lowest BCUT2D eigenvalue weighted by atomic mass is 9.73. The van der Waals surface area contributed by atoms with Crippen molar-refractivity contribution in [3.63, 3.8) is 0 Å². The normalized spacial score (nSPS) is 18.6. The largest absolute Gasteiger partial charge is 0.449 e. The fraction of sp³-hybridized carbons (Fsp3) is 0.0909. The Morgan fingerprint density at radius 3 is 1.89 bits per heavy atom. The number of benzene rings is 5. The summed E-state index contributed by atoms with van der Waals surface area (Å²) in [5.74, 6) is 1.77. The van der Waals surface area contributed by atoms with Gasteiger partial charge in [-0.2, -0.15) is 0 Å². The molecular formula is C33H27NOPS+. The van der Waals surface area contributed by atoms with Gasteiger partial charge in [-0.25, -0.2) is 0 Å². The molecule has 37 heavy (non-hydrogen) atoms. The van der Waals surface area contributed by atoms with E-state index in [4.69, 9.17) is 17.0 Å². The molecule has 7 rings (SSSR count). The minimum Gasteiger partial charge on any atom is -0.449 e. The Balaban J connectivity index is 1.45. The fourth-order valence-electron chi connectivity index (χ4n) is 5.92. The van der Waals surface area contributed by atoms with Crippen LogP contribution in [0.3, 0.4) is 0 Å². The number of rotatable bonds is 2. The van der Waals surface area contributed by atoms with E-state index in [9.17, 15) is 0 Å². The number of hydrogen-bond acceptors (Lipinski definition) is 3. The van der Waals surface area contributed by atoms with Gasteiger partial charge >= 0.3 is 0 Å². The van der Waals surface area contributed by atoms with Crippen molar-refractivity contribution in [2.24, 2.45) is 0 Å². The first-order chi connectivity index (χ1) is 18.0. The van der Waals surface area contributed by atoms with Gasteiger partial charge < -0.3 is 9.64 Å². The van der Waals surface area contributed by atoms with Gasteiger partial charge in [-0.1, -0.05) is 80.6 Å². The van der Waals surface area contributed by atoms with E-state index in [0.29, 0.717) is 0 Å². The lowest BCUT2D eigenvalue weighted by Crippen LogP contribution is -2.33. The summed E-state index contributed by atoms with van der Waals surface area (Å²) in [5, 5.41) is 3.56. The molecule has 180 valence electrons. The third-order valence-corrected chi connectivity index (χ3v) is 12.9. The molecule has 0 spiro atoms. The van der Waals surface area contributed by atoms with Crippen molar-refractivity contribution in [2.45, 2.75) is 19.3 Å². The van der Waals surface area contributed by atoms with Crippen LogP contribution >= 0.6 is 18.7 Å². The van der Waals surface area contributed by atoms with Crippen LogP contribution in [0.1, 0.15) is 25.0 Å². The van der Waals surface area contributed by atoms with Crippen molar-refractivity contribution in [1.82, 2.24) is 0 Å². The van der Waals surface area contributed by atoms with Crippen LogP contribution in [0.25, 0.3) is 0 Å². The zero-order chi connectivity index (χ0) is 25.2. The van der Waals surface area contributed by atoms with Gasteiger partial charge in [-0.05, 0) is 59.7 Å². The van der Waals surface area contributed by atoms with Crippen LogP contribution in [0.5, 0.6) is 11.5 Å². The average Bonchev–Trinajstić information content (AvgIpc) is 2.94. The van der Waals surface area contributed by atoms with Gasteiger partial charge in [0.25, 0.3) is 0 Å². The molecule has 0 N–H and O–H groups in total. The Morgan fingerprint density at radius 2 is 1.19 bits per heavy atom. The fourth-order valence-corrected chi connectivity index (χ4v) is 10.2. The molecule has 5 aromatic carbocycles. The molecule has 1 atom stereocenters. The summed E-state index contributed by atoms with van der Waals surface area (Å²) < 4.78 is 6.59. The molecule has 0 aliphatic carbocycles. The second-order valence-corrected chi connectivity index (χ2v) is 14.7.